The first-order valence-corrected chi connectivity index (χ1v) is 15.2. The molecule has 2 aliphatic rings. The largest absolute Gasteiger partial charge is 0.465 e. The average molecular weight is 600 g/mol. The van der Waals surface area contributed by atoms with Crippen LogP contribution in [0.3, 0.4) is 0 Å². The number of carbonyl (C=O) groups is 1. The van der Waals surface area contributed by atoms with Gasteiger partial charge in [0.25, 0.3) is 0 Å². The third kappa shape index (κ3) is 6.77. The van der Waals surface area contributed by atoms with E-state index in [0.29, 0.717) is 35.0 Å². The molecule has 5 rings (SSSR count). The number of nitrogens with zero attached hydrogens (tertiary/aromatic N) is 5. The first kappa shape index (κ1) is 29.6. The molecule has 0 radical (unpaired) electrons. The molecule has 218 valence electrons. The third-order valence-corrected chi connectivity index (χ3v) is 9.12. The molecule has 3 aromatic rings. The zero-order valence-corrected chi connectivity index (χ0v) is 25.0. The number of aromatic nitrogens is 2. The van der Waals surface area contributed by atoms with Crippen molar-refractivity contribution in [2.24, 2.45) is 5.10 Å². The highest BCUT2D eigenvalue weighted by Gasteiger charge is 2.28. The average Bonchev–Trinajstić information content (AvgIpc) is 3.29. The second-order valence-electron chi connectivity index (χ2n) is 10.3. The van der Waals surface area contributed by atoms with Gasteiger partial charge in [-0.05, 0) is 62.1 Å². The molecule has 8 nitrogen and oxygen atoms in total. The Bertz CT molecular complexity index is 1430. The Labute approximate surface area is 249 Å². The highest BCUT2D eigenvalue weighted by atomic mass is 35.5. The number of imidazole rings is 1. The van der Waals surface area contributed by atoms with Gasteiger partial charge in [0.1, 0.15) is 11.6 Å². The molecule has 2 fully saturated rings. The van der Waals surface area contributed by atoms with Gasteiger partial charge in [-0.25, -0.2) is 14.2 Å². The van der Waals surface area contributed by atoms with Crippen LogP contribution in [0.25, 0.3) is 11.0 Å². The summed E-state index contributed by atoms with van der Waals surface area (Å²) in [6.45, 7) is 9.74. The van der Waals surface area contributed by atoms with Crippen molar-refractivity contribution in [3.8, 4) is 0 Å². The van der Waals surface area contributed by atoms with Crippen LogP contribution in [-0.2, 0) is 28.3 Å². The Morgan fingerprint density at radius 2 is 2.07 bits per heavy atom. The van der Waals surface area contributed by atoms with Gasteiger partial charge in [-0.15, -0.1) is 11.8 Å². The van der Waals surface area contributed by atoms with E-state index in [0.717, 1.165) is 60.8 Å². The number of benzene rings is 2. The molecule has 41 heavy (non-hydrogen) atoms. The van der Waals surface area contributed by atoms with Crippen LogP contribution in [0.5, 0.6) is 0 Å². The molecule has 0 N–H and O–H groups in total. The molecule has 0 saturated carbocycles. The standard InChI is InChI=1S/C30H35ClFN5O3S/c1-4-29(41-19-21-5-7-22(31)16-25(21)32)37(33-2)23-9-12-35(13-10-23)18-28-34-26-8-6-20(30(38)39-3)15-27(26)36(28)17-24-11-14-40-24/h4-8,15-16,23-24H,2,9-14,17-19H2,1,3H3/b29-4+/t24-/m0/s1. The summed E-state index contributed by atoms with van der Waals surface area (Å²) in [4.78, 5) is 19.5. The summed E-state index contributed by atoms with van der Waals surface area (Å²) in [5.74, 6) is 0.778. The van der Waals surface area contributed by atoms with Gasteiger partial charge in [0.2, 0.25) is 0 Å². The van der Waals surface area contributed by atoms with E-state index in [1.165, 1.54) is 13.2 Å². The zero-order chi connectivity index (χ0) is 28.9. The van der Waals surface area contributed by atoms with E-state index in [4.69, 9.17) is 26.1 Å². The number of hydrogen-bond donors (Lipinski definition) is 0. The Kier molecular flexibility index (Phi) is 9.64. The van der Waals surface area contributed by atoms with E-state index in [1.807, 2.05) is 30.1 Å². The minimum atomic E-state index is -0.361. The fourth-order valence-corrected chi connectivity index (χ4v) is 6.54. The maximum Gasteiger partial charge on any atom is 0.337 e. The smallest absolute Gasteiger partial charge is 0.337 e. The molecule has 0 bridgehead atoms. The molecule has 1 aromatic heterocycles. The van der Waals surface area contributed by atoms with Gasteiger partial charge in [-0.3, -0.25) is 9.91 Å². The molecule has 2 aliphatic heterocycles. The lowest BCUT2D eigenvalue weighted by Gasteiger charge is -2.37. The number of allylic oxidation sites excluding steroid dienone is 1. The van der Waals surface area contributed by atoms with Gasteiger partial charge < -0.3 is 14.0 Å². The number of thioether (sulfide) groups is 1. The summed E-state index contributed by atoms with van der Waals surface area (Å²) >= 11 is 7.45. The number of halogens is 2. The summed E-state index contributed by atoms with van der Waals surface area (Å²) in [7, 11) is 1.39. The highest BCUT2D eigenvalue weighted by molar-refractivity contribution is 8.02. The van der Waals surface area contributed by atoms with Crippen molar-refractivity contribution < 1.29 is 18.7 Å². The Balaban J connectivity index is 1.25. The van der Waals surface area contributed by atoms with Crippen LogP contribution in [0.4, 0.5) is 4.39 Å². The second kappa shape index (κ2) is 13.4. The van der Waals surface area contributed by atoms with Gasteiger partial charge in [0, 0.05) is 37.2 Å². The Morgan fingerprint density at radius 1 is 1.29 bits per heavy atom. The number of esters is 1. The number of hydrazone groups is 1. The van der Waals surface area contributed by atoms with Crippen molar-refractivity contribution in [2.45, 2.75) is 57.2 Å². The van der Waals surface area contributed by atoms with E-state index in [9.17, 15) is 9.18 Å². The predicted octanol–water partition coefficient (Wildman–Crippen LogP) is 6.08. The van der Waals surface area contributed by atoms with E-state index in [-0.39, 0.29) is 23.9 Å². The first-order valence-electron chi connectivity index (χ1n) is 13.8. The monoisotopic (exact) mass is 599 g/mol. The molecule has 2 aromatic carbocycles. The summed E-state index contributed by atoms with van der Waals surface area (Å²) < 4.78 is 27.2. The van der Waals surface area contributed by atoms with Crippen molar-refractivity contribution in [2.75, 3.05) is 26.8 Å². The molecule has 0 aliphatic carbocycles. The van der Waals surface area contributed by atoms with Crippen LogP contribution >= 0.6 is 23.4 Å². The fraction of sp³-hybridized carbons (Fsp3) is 0.433. The van der Waals surface area contributed by atoms with Crippen LogP contribution < -0.4 is 0 Å². The lowest BCUT2D eigenvalue weighted by atomic mass is 10.0. The number of piperidine rings is 1. The predicted molar refractivity (Wildman–Crippen MR) is 162 cm³/mol. The summed E-state index contributed by atoms with van der Waals surface area (Å²) in [6, 6.07) is 10.5. The molecule has 1 atom stereocenters. The van der Waals surface area contributed by atoms with Crippen molar-refractivity contribution in [3.63, 3.8) is 0 Å². The maximum absolute atomic E-state index is 14.3. The number of rotatable bonds is 11. The van der Waals surface area contributed by atoms with Gasteiger partial charge in [0.05, 0.1) is 54.0 Å². The molecular weight excluding hydrogens is 565 g/mol. The van der Waals surface area contributed by atoms with Crippen molar-refractivity contribution >= 4 is 47.1 Å². The quantitative estimate of drug-likeness (QED) is 0.150. The maximum atomic E-state index is 14.3. The van der Waals surface area contributed by atoms with Gasteiger partial charge in [-0.1, -0.05) is 23.7 Å². The number of fused-ring (bicyclic) bond motifs is 1. The Morgan fingerprint density at radius 3 is 2.71 bits per heavy atom. The van der Waals surface area contributed by atoms with Gasteiger partial charge in [0.15, 0.2) is 0 Å². The van der Waals surface area contributed by atoms with Crippen molar-refractivity contribution in [3.05, 3.63) is 75.3 Å². The van der Waals surface area contributed by atoms with Crippen LogP contribution in [0, 0.1) is 5.82 Å². The summed E-state index contributed by atoms with van der Waals surface area (Å²) in [5, 5.41) is 7.68. The van der Waals surface area contributed by atoms with E-state index < -0.39 is 0 Å². The van der Waals surface area contributed by atoms with Gasteiger partial charge in [-0.2, -0.15) is 5.10 Å². The molecule has 0 unspecified atom stereocenters. The molecule has 11 heteroatoms. The van der Waals surface area contributed by atoms with Gasteiger partial charge >= 0.3 is 5.97 Å². The SMILES string of the molecule is C=NN(/C(=C\C)SCc1ccc(Cl)cc1F)C1CCN(Cc2nc3ccc(C(=O)OC)cc3n2C[C@@H]2CCO2)CC1. The number of methoxy groups -OCH3 is 1. The third-order valence-electron chi connectivity index (χ3n) is 7.71. The van der Waals surface area contributed by atoms with Crippen LogP contribution in [0.2, 0.25) is 5.02 Å². The minimum Gasteiger partial charge on any atom is -0.465 e. The highest BCUT2D eigenvalue weighted by Crippen LogP contribution is 2.32. The molecule has 0 amide bonds. The fourth-order valence-electron chi connectivity index (χ4n) is 5.33. The summed E-state index contributed by atoms with van der Waals surface area (Å²) in [5.41, 5.74) is 2.89. The first-order chi connectivity index (χ1) is 19.9. The van der Waals surface area contributed by atoms with Crippen molar-refractivity contribution in [1.82, 2.24) is 19.5 Å². The van der Waals surface area contributed by atoms with Crippen LogP contribution in [0.1, 0.15) is 47.9 Å². The summed E-state index contributed by atoms with van der Waals surface area (Å²) in [6.07, 6.45) is 4.99. The van der Waals surface area contributed by atoms with E-state index in [2.05, 4.69) is 21.3 Å². The van der Waals surface area contributed by atoms with Crippen LogP contribution in [0.15, 0.2) is 52.6 Å². The Hall–Kier alpha value is -2.92. The normalized spacial score (nSPS) is 18.3. The molecule has 2 saturated heterocycles. The number of ether oxygens (including phenoxy) is 2. The van der Waals surface area contributed by atoms with E-state index in [1.54, 1.807) is 30.0 Å². The minimum absolute atomic E-state index is 0.156. The lowest BCUT2D eigenvalue weighted by Crippen LogP contribution is -2.42. The number of likely N-dealkylation sites (tertiary alicyclic amines) is 1. The number of carbonyl (C=O) groups excluding carboxylic acids is 1. The topological polar surface area (TPSA) is 72.2 Å². The molecular formula is C30H35ClFN5O3S. The second-order valence-corrected chi connectivity index (χ2v) is 11.7. The van der Waals surface area contributed by atoms with Crippen molar-refractivity contribution in [1.29, 1.82) is 0 Å². The van der Waals surface area contributed by atoms with Crippen LogP contribution in [-0.4, -0.2) is 71.1 Å². The zero-order valence-electron chi connectivity index (χ0n) is 23.4. The number of hydrogen-bond acceptors (Lipinski definition) is 8. The molecule has 3 heterocycles. The lowest BCUT2D eigenvalue weighted by molar-refractivity contribution is -0.0592. The van der Waals surface area contributed by atoms with E-state index >= 15 is 0 Å². The molecule has 0 spiro atoms.